The van der Waals surface area contributed by atoms with E-state index in [0.717, 1.165) is 18.5 Å². The maximum Gasteiger partial charge on any atom is 0.254 e. The highest BCUT2D eigenvalue weighted by atomic mass is 32.1. The third-order valence-electron chi connectivity index (χ3n) is 3.62. The van der Waals surface area contributed by atoms with Crippen molar-refractivity contribution in [3.63, 3.8) is 0 Å². The van der Waals surface area contributed by atoms with Gasteiger partial charge in [-0.15, -0.1) is 11.3 Å². The van der Waals surface area contributed by atoms with Gasteiger partial charge in [-0.3, -0.25) is 4.79 Å². The zero-order valence-electron chi connectivity index (χ0n) is 10.8. The van der Waals surface area contributed by atoms with Gasteiger partial charge in [0.15, 0.2) is 0 Å². The van der Waals surface area contributed by atoms with Gasteiger partial charge in [0.1, 0.15) is 0 Å². The molecule has 0 saturated heterocycles. The lowest BCUT2D eigenvalue weighted by Crippen LogP contribution is -2.35. The van der Waals surface area contributed by atoms with Crippen LogP contribution in [0.5, 0.6) is 0 Å². The first-order valence-electron chi connectivity index (χ1n) is 6.36. The Morgan fingerprint density at radius 2 is 2.21 bits per heavy atom. The van der Waals surface area contributed by atoms with E-state index in [1.165, 1.54) is 10.4 Å². The van der Waals surface area contributed by atoms with Gasteiger partial charge in [-0.05, 0) is 48.1 Å². The molecule has 0 radical (unpaired) electrons. The summed E-state index contributed by atoms with van der Waals surface area (Å²) in [6.07, 6.45) is 0.958. The molecule has 1 amide bonds. The average Bonchev–Trinajstić information content (AvgIpc) is 2.88. The first-order chi connectivity index (χ1) is 9.15. The Kier molecular flexibility index (Phi) is 3.03. The number of fused-ring (bicyclic) bond motifs is 1. The summed E-state index contributed by atoms with van der Waals surface area (Å²) < 4.78 is 0. The minimum atomic E-state index is 0.0727. The molecule has 3 rings (SSSR count). The van der Waals surface area contributed by atoms with E-state index in [2.05, 4.69) is 11.4 Å². The summed E-state index contributed by atoms with van der Waals surface area (Å²) in [4.78, 5) is 15.8. The van der Waals surface area contributed by atoms with Crippen LogP contribution < -0.4 is 5.73 Å². The fourth-order valence-electron chi connectivity index (χ4n) is 2.38. The summed E-state index contributed by atoms with van der Waals surface area (Å²) in [5, 5.41) is 2.10. The van der Waals surface area contributed by atoms with Crippen LogP contribution in [0.3, 0.4) is 0 Å². The van der Waals surface area contributed by atoms with Crippen LogP contribution in [0.2, 0.25) is 0 Å². The van der Waals surface area contributed by atoms with Crippen LogP contribution in [0.25, 0.3) is 0 Å². The molecular weight excluding hydrogens is 256 g/mol. The second-order valence-electron chi connectivity index (χ2n) is 4.92. The molecule has 0 unspecified atom stereocenters. The first-order valence-corrected chi connectivity index (χ1v) is 7.24. The Morgan fingerprint density at radius 1 is 1.37 bits per heavy atom. The molecule has 2 N–H and O–H groups in total. The lowest BCUT2D eigenvalue weighted by Gasteiger charge is -2.27. The lowest BCUT2D eigenvalue weighted by molar-refractivity contribution is 0.0736. The van der Waals surface area contributed by atoms with Crippen molar-refractivity contribution in [2.75, 3.05) is 12.3 Å². The number of thiophene rings is 1. The van der Waals surface area contributed by atoms with E-state index in [1.54, 1.807) is 17.4 Å². The smallest absolute Gasteiger partial charge is 0.254 e. The lowest BCUT2D eigenvalue weighted by atomic mass is 10.1. The van der Waals surface area contributed by atoms with Gasteiger partial charge in [0, 0.05) is 29.2 Å². The molecular formula is C15H16N2OS. The largest absolute Gasteiger partial charge is 0.398 e. The number of aryl methyl sites for hydroxylation is 1. The van der Waals surface area contributed by atoms with Gasteiger partial charge in [0.2, 0.25) is 0 Å². The second-order valence-corrected chi connectivity index (χ2v) is 5.92. The number of rotatable bonds is 1. The fourth-order valence-corrected chi connectivity index (χ4v) is 3.27. The summed E-state index contributed by atoms with van der Waals surface area (Å²) in [7, 11) is 0. The molecule has 0 atom stereocenters. The maximum absolute atomic E-state index is 12.5. The number of nitrogen functional groups attached to an aromatic ring is 1. The summed E-state index contributed by atoms with van der Waals surface area (Å²) >= 11 is 1.78. The molecule has 2 heterocycles. The van der Waals surface area contributed by atoms with Crippen LogP contribution in [0.15, 0.2) is 29.6 Å². The third-order valence-corrected chi connectivity index (χ3v) is 4.64. The van der Waals surface area contributed by atoms with Crippen molar-refractivity contribution >= 4 is 22.9 Å². The summed E-state index contributed by atoms with van der Waals surface area (Å²) in [5.41, 5.74) is 9.53. The second kappa shape index (κ2) is 4.70. The van der Waals surface area contributed by atoms with Gasteiger partial charge in [-0.25, -0.2) is 0 Å². The van der Waals surface area contributed by atoms with Crippen molar-refractivity contribution in [2.45, 2.75) is 19.9 Å². The highest BCUT2D eigenvalue weighted by molar-refractivity contribution is 7.10. The van der Waals surface area contributed by atoms with Crippen LogP contribution in [-0.4, -0.2) is 17.4 Å². The predicted octanol–water partition coefficient (Wildman–Crippen LogP) is 2.84. The number of carbonyl (C=O) groups excluding carboxylic acids is 1. The van der Waals surface area contributed by atoms with Crippen molar-refractivity contribution in [3.8, 4) is 0 Å². The molecule has 1 aromatic heterocycles. The molecule has 2 aromatic rings. The standard InChI is InChI=1S/C15H16N2OS/c1-10-2-3-11(8-13(10)16)15(18)17-6-4-14-12(9-17)5-7-19-14/h2-3,5,7-8H,4,6,9,16H2,1H3. The number of hydrogen-bond acceptors (Lipinski definition) is 3. The Morgan fingerprint density at radius 3 is 3.00 bits per heavy atom. The van der Waals surface area contributed by atoms with Crippen LogP contribution in [0.4, 0.5) is 5.69 Å². The number of nitrogens with two attached hydrogens (primary N) is 1. The topological polar surface area (TPSA) is 46.3 Å². The van der Waals surface area contributed by atoms with E-state index in [9.17, 15) is 4.79 Å². The van der Waals surface area contributed by atoms with Gasteiger partial charge in [-0.1, -0.05) is 6.07 Å². The molecule has 0 saturated carbocycles. The van der Waals surface area contributed by atoms with Gasteiger partial charge >= 0.3 is 0 Å². The van der Waals surface area contributed by atoms with E-state index in [-0.39, 0.29) is 5.91 Å². The van der Waals surface area contributed by atoms with Gasteiger partial charge in [-0.2, -0.15) is 0 Å². The molecule has 0 bridgehead atoms. The van der Waals surface area contributed by atoms with Crippen molar-refractivity contribution in [1.82, 2.24) is 4.90 Å². The molecule has 1 aliphatic rings. The van der Waals surface area contributed by atoms with E-state index >= 15 is 0 Å². The first kappa shape index (κ1) is 12.2. The summed E-state index contributed by atoms with van der Waals surface area (Å²) in [6.45, 7) is 3.45. The highest BCUT2D eigenvalue weighted by Crippen LogP contribution is 2.25. The number of nitrogens with zero attached hydrogens (tertiary/aromatic N) is 1. The number of hydrogen-bond donors (Lipinski definition) is 1. The monoisotopic (exact) mass is 272 g/mol. The van der Waals surface area contributed by atoms with Gasteiger partial charge in [0.25, 0.3) is 5.91 Å². The van der Waals surface area contributed by atoms with Gasteiger partial charge < -0.3 is 10.6 Å². The van der Waals surface area contributed by atoms with Crippen molar-refractivity contribution < 1.29 is 4.79 Å². The molecule has 19 heavy (non-hydrogen) atoms. The number of carbonyl (C=O) groups is 1. The minimum absolute atomic E-state index is 0.0727. The Labute approximate surface area is 116 Å². The van der Waals surface area contributed by atoms with E-state index < -0.39 is 0 Å². The molecule has 1 aliphatic heterocycles. The van der Waals surface area contributed by atoms with E-state index in [4.69, 9.17) is 5.73 Å². The van der Waals surface area contributed by atoms with Crippen molar-refractivity contribution in [3.05, 3.63) is 51.2 Å². The van der Waals surface area contributed by atoms with Crippen molar-refractivity contribution in [2.24, 2.45) is 0 Å². The van der Waals surface area contributed by atoms with Crippen LogP contribution >= 0.6 is 11.3 Å². The Hall–Kier alpha value is -1.81. The highest BCUT2D eigenvalue weighted by Gasteiger charge is 2.22. The number of benzene rings is 1. The molecule has 1 aromatic carbocycles. The molecule has 4 heteroatoms. The zero-order valence-corrected chi connectivity index (χ0v) is 11.7. The van der Waals surface area contributed by atoms with E-state index in [0.29, 0.717) is 17.8 Å². The zero-order chi connectivity index (χ0) is 13.4. The number of amides is 1. The SMILES string of the molecule is Cc1ccc(C(=O)N2CCc3sccc3C2)cc1N. The fraction of sp³-hybridized carbons (Fsp3) is 0.267. The molecule has 0 fully saturated rings. The Bertz CT molecular complexity index is 633. The predicted molar refractivity (Wildman–Crippen MR) is 78.4 cm³/mol. The van der Waals surface area contributed by atoms with Crippen molar-refractivity contribution in [1.29, 1.82) is 0 Å². The third kappa shape index (κ3) is 2.24. The molecule has 98 valence electrons. The summed E-state index contributed by atoms with van der Waals surface area (Å²) in [5.74, 6) is 0.0727. The number of anilines is 1. The average molecular weight is 272 g/mol. The van der Waals surface area contributed by atoms with Gasteiger partial charge in [0.05, 0.1) is 0 Å². The quantitative estimate of drug-likeness (QED) is 0.811. The maximum atomic E-state index is 12.5. The van der Waals surface area contributed by atoms with Crippen LogP contribution in [0, 0.1) is 6.92 Å². The molecule has 3 nitrogen and oxygen atoms in total. The van der Waals surface area contributed by atoms with Crippen LogP contribution in [-0.2, 0) is 13.0 Å². The molecule has 0 aliphatic carbocycles. The summed E-state index contributed by atoms with van der Waals surface area (Å²) in [6, 6.07) is 7.66. The normalized spacial score (nSPS) is 14.3. The van der Waals surface area contributed by atoms with E-state index in [1.807, 2.05) is 24.0 Å². The Balaban J connectivity index is 1.83. The van der Waals surface area contributed by atoms with Crippen LogP contribution in [0.1, 0.15) is 26.4 Å². The molecule has 0 spiro atoms. The minimum Gasteiger partial charge on any atom is -0.398 e.